The lowest BCUT2D eigenvalue weighted by atomic mass is 9.95. The lowest BCUT2D eigenvalue weighted by Crippen LogP contribution is -2.12. The van der Waals surface area contributed by atoms with Crippen molar-refractivity contribution in [3.8, 4) is 33.4 Å². The zero-order chi connectivity index (χ0) is 36.3. The summed E-state index contributed by atoms with van der Waals surface area (Å²) in [4.78, 5) is 2.42. The third kappa shape index (κ3) is 5.24. The molecule has 0 N–H and O–H groups in total. The molecule has 0 saturated carbocycles. The molecule has 0 fully saturated rings. The Morgan fingerprint density at radius 1 is 0.364 bits per heavy atom. The van der Waals surface area contributed by atoms with E-state index in [2.05, 4.69) is 199 Å². The largest absolute Gasteiger partial charge is 0.454 e. The number of fused-ring (bicyclic) bond motifs is 7. The van der Waals surface area contributed by atoms with E-state index in [0.717, 1.165) is 55.5 Å². The van der Waals surface area contributed by atoms with E-state index in [-0.39, 0.29) is 0 Å². The van der Waals surface area contributed by atoms with Gasteiger partial charge in [-0.05, 0) is 81.7 Å². The molecule has 0 radical (unpaired) electrons. The molecule has 11 aromatic rings. The molecule has 3 heteroatoms. The Morgan fingerprint density at radius 3 is 1.75 bits per heavy atom. The molecule has 0 aliphatic carbocycles. The molecule has 0 amide bonds. The molecular weight excluding hydrogens is 687 g/mol. The van der Waals surface area contributed by atoms with Crippen molar-refractivity contribution in [3.05, 3.63) is 200 Å². The third-order valence-corrected chi connectivity index (χ3v) is 12.0. The summed E-state index contributed by atoms with van der Waals surface area (Å²) < 4.78 is 9.53. The maximum Gasteiger partial charge on any atom is 0.160 e. The van der Waals surface area contributed by atoms with Gasteiger partial charge in [0, 0.05) is 47.6 Å². The number of rotatable bonds is 6. The van der Waals surface area contributed by atoms with Crippen LogP contribution in [-0.2, 0) is 0 Å². The lowest BCUT2D eigenvalue weighted by molar-refractivity contribution is 0.669. The molecule has 2 nitrogen and oxygen atoms in total. The zero-order valence-corrected chi connectivity index (χ0v) is 30.6. The molecule has 0 aliphatic heterocycles. The standard InChI is InChI=1S/C52H33NOS/c1-3-13-35(14-4-1)39-30-31-47(42-18-8-7-17-41(39)42)53(38-26-23-34(24-27-38)37-25-32-50-46(33-37)44-20-10-12-22-49(44)55-50)51-40(36-15-5-2-6-16-36)28-29-45-43-19-9-11-21-48(43)54-52(45)51/h1-33H. The number of para-hydroxylation sites is 1. The summed E-state index contributed by atoms with van der Waals surface area (Å²) in [7, 11) is 0. The normalized spacial score (nSPS) is 11.6. The maximum absolute atomic E-state index is 6.90. The number of anilines is 3. The van der Waals surface area contributed by atoms with Crippen molar-refractivity contribution in [2.75, 3.05) is 4.90 Å². The van der Waals surface area contributed by atoms with Crippen molar-refractivity contribution in [2.24, 2.45) is 0 Å². The zero-order valence-electron chi connectivity index (χ0n) is 29.8. The Bertz CT molecular complexity index is 3190. The van der Waals surface area contributed by atoms with Gasteiger partial charge < -0.3 is 9.32 Å². The monoisotopic (exact) mass is 719 g/mol. The second-order valence-corrected chi connectivity index (χ2v) is 15.1. The smallest absolute Gasteiger partial charge is 0.160 e. The first-order valence-electron chi connectivity index (χ1n) is 18.7. The van der Waals surface area contributed by atoms with E-state index in [0.29, 0.717) is 0 Å². The van der Waals surface area contributed by atoms with Gasteiger partial charge in [-0.15, -0.1) is 11.3 Å². The summed E-state index contributed by atoms with van der Waals surface area (Å²) in [5, 5.41) is 7.17. The maximum atomic E-state index is 6.90. The minimum atomic E-state index is 0.859. The second-order valence-electron chi connectivity index (χ2n) is 14.0. The van der Waals surface area contributed by atoms with Gasteiger partial charge in [-0.1, -0.05) is 152 Å². The van der Waals surface area contributed by atoms with E-state index in [4.69, 9.17) is 4.42 Å². The van der Waals surface area contributed by atoms with E-state index >= 15 is 0 Å². The van der Waals surface area contributed by atoms with Crippen LogP contribution in [0.15, 0.2) is 205 Å². The fourth-order valence-electron chi connectivity index (χ4n) is 8.29. The van der Waals surface area contributed by atoms with Gasteiger partial charge in [-0.3, -0.25) is 0 Å². The van der Waals surface area contributed by atoms with Gasteiger partial charge in [0.2, 0.25) is 0 Å². The number of benzene rings is 9. The Hall–Kier alpha value is -6.94. The summed E-state index contributed by atoms with van der Waals surface area (Å²) in [5.41, 5.74) is 11.9. The van der Waals surface area contributed by atoms with Crippen LogP contribution in [0, 0.1) is 0 Å². The van der Waals surface area contributed by atoms with Gasteiger partial charge in [0.1, 0.15) is 5.58 Å². The Labute approximate surface area is 322 Å². The van der Waals surface area contributed by atoms with Crippen LogP contribution in [0.4, 0.5) is 17.1 Å². The van der Waals surface area contributed by atoms with Gasteiger partial charge >= 0.3 is 0 Å². The van der Waals surface area contributed by atoms with Crippen molar-refractivity contribution in [3.63, 3.8) is 0 Å². The van der Waals surface area contributed by atoms with Crippen LogP contribution in [0.2, 0.25) is 0 Å². The van der Waals surface area contributed by atoms with Crippen molar-refractivity contribution < 1.29 is 4.42 Å². The Balaban J connectivity index is 1.17. The average molecular weight is 720 g/mol. The van der Waals surface area contributed by atoms with Crippen LogP contribution < -0.4 is 4.90 Å². The van der Waals surface area contributed by atoms with E-state index in [1.807, 2.05) is 17.4 Å². The van der Waals surface area contributed by atoms with E-state index < -0.39 is 0 Å². The topological polar surface area (TPSA) is 16.4 Å². The predicted octanol–water partition coefficient (Wildman–Crippen LogP) is 15.6. The Kier molecular flexibility index (Phi) is 7.39. The third-order valence-electron chi connectivity index (χ3n) is 10.9. The quantitative estimate of drug-likeness (QED) is 0.170. The number of thiophene rings is 1. The summed E-state index contributed by atoms with van der Waals surface area (Å²) >= 11 is 1.85. The molecule has 0 saturated heterocycles. The molecule has 0 spiro atoms. The minimum Gasteiger partial charge on any atom is -0.454 e. The first kappa shape index (κ1) is 31.6. The molecular formula is C52H33NOS. The minimum absolute atomic E-state index is 0.859. The van der Waals surface area contributed by atoms with E-state index in [1.54, 1.807) is 0 Å². The molecule has 258 valence electrons. The summed E-state index contributed by atoms with van der Waals surface area (Å²) in [6.45, 7) is 0. The lowest BCUT2D eigenvalue weighted by Gasteiger charge is -2.29. The average Bonchev–Trinajstić information content (AvgIpc) is 3.83. The van der Waals surface area contributed by atoms with Gasteiger partial charge in [0.05, 0.1) is 11.4 Å². The molecule has 11 rings (SSSR count). The fraction of sp³-hybridized carbons (Fsp3) is 0. The van der Waals surface area contributed by atoms with E-state index in [1.165, 1.54) is 47.8 Å². The molecule has 9 aromatic carbocycles. The summed E-state index contributed by atoms with van der Waals surface area (Å²) in [5.74, 6) is 0. The van der Waals surface area contributed by atoms with Crippen LogP contribution in [0.1, 0.15) is 0 Å². The van der Waals surface area contributed by atoms with Crippen molar-refractivity contribution >= 4 is 81.3 Å². The van der Waals surface area contributed by atoms with Gasteiger partial charge in [-0.25, -0.2) is 0 Å². The molecule has 55 heavy (non-hydrogen) atoms. The van der Waals surface area contributed by atoms with E-state index in [9.17, 15) is 0 Å². The van der Waals surface area contributed by atoms with Gasteiger partial charge in [0.25, 0.3) is 0 Å². The van der Waals surface area contributed by atoms with Crippen LogP contribution in [0.5, 0.6) is 0 Å². The highest BCUT2D eigenvalue weighted by atomic mass is 32.1. The van der Waals surface area contributed by atoms with Crippen LogP contribution in [0.3, 0.4) is 0 Å². The molecule has 0 unspecified atom stereocenters. The highest BCUT2D eigenvalue weighted by Crippen LogP contribution is 2.50. The number of furan rings is 1. The first-order valence-corrected chi connectivity index (χ1v) is 19.5. The number of hydrogen-bond acceptors (Lipinski definition) is 3. The van der Waals surface area contributed by atoms with Crippen molar-refractivity contribution in [1.29, 1.82) is 0 Å². The number of nitrogens with zero attached hydrogens (tertiary/aromatic N) is 1. The highest BCUT2D eigenvalue weighted by Gasteiger charge is 2.25. The van der Waals surface area contributed by atoms with Crippen LogP contribution >= 0.6 is 11.3 Å². The second kappa shape index (κ2) is 12.9. The summed E-state index contributed by atoms with van der Waals surface area (Å²) in [6, 6.07) is 72.1. The first-order chi connectivity index (χ1) is 27.3. The SMILES string of the molecule is c1ccc(-c2ccc3c(oc4ccccc43)c2N(c2ccc(-c3ccc4sc5ccccc5c4c3)cc2)c2ccc(-c3ccccc3)c3ccccc23)cc1. The molecule has 0 bridgehead atoms. The van der Waals surface area contributed by atoms with Gasteiger partial charge in [0.15, 0.2) is 5.58 Å². The molecule has 2 heterocycles. The predicted molar refractivity (Wildman–Crippen MR) is 235 cm³/mol. The molecule has 0 atom stereocenters. The number of hydrogen-bond donors (Lipinski definition) is 0. The molecule has 2 aromatic heterocycles. The summed E-state index contributed by atoms with van der Waals surface area (Å²) in [6.07, 6.45) is 0. The van der Waals surface area contributed by atoms with Gasteiger partial charge in [-0.2, -0.15) is 0 Å². The van der Waals surface area contributed by atoms with Crippen molar-refractivity contribution in [2.45, 2.75) is 0 Å². The molecule has 0 aliphatic rings. The Morgan fingerprint density at radius 2 is 0.964 bits per heavy atom. The van der Waals surface area contributed by atoms with Crippen molar-refractivity contribution in [1.82, 2.24) is 0 Å². The highest BCUT2D eigenvalue weighted by molar-refractivity contribution is 7.25. The van der Waals surface area contributed by atoms with Crippen LogP contribution in [0.25, 0.3) is 86.3 Å². The van der Waals surface area contributed by atoms with Crippen LogP contribution in [-0.4, -0.2) is 0 Å². The fourth-order valence-corrected chi connectivity index (χ4v) is 9.38.